The second kappa shape index (κ2) is 5.01. The average molecular weight is 273 g/mol. The number of methoxy groups -OCH3 is 1. The van der Waals surface area contributed by atoms with Crippen LogP contribution in [0.4, 0.5) is 0 Å². The standard InChI is InChI=1S/C14H15N3OS/c1-3-5-13-16-17-9-12(15-14(17)19-13)10-6-4-7-11(8-10)18-2/h4,6-9H,3,5H2,1-2H3. The van der Waals surface area contributed by atoms with Crippen molar-refractivity contribution in [2.24, 2.45) is 0 Å². The molecule has 0 spiro atoms. The normalized spacial score (nSPS) is 11.1. The minimum atomic E-state index is 0.841. The molecule has 0 saturated carbocycles. The number of ether oxygens (including phenoxy) is 1. The highest BCUT2D eigenvalue weighted by atomic mass is 32.1. The van der Waals surface area contributed by atoms with Gasteiger partial charge in [0, 0.05) is 12.0 Å². The zero-order chi connectivity index (χ0) is 13.2. The van der Waals surface area contributed by atoms with Gasteiger partial charge in [0.15, 0.2) is 0 Å². The highest BCUT2D eigenvalue weighted by Gasteiger charge is 2.09. The second-order valence-electron chi connectivity index (χ2n) is 4.33. The van der Waals surface area contributed by atoms with E-state index in [1.54, 1.807) is 18.4 Å². The van der Waals surface area contributed by atoms with Crippen molar-refractivity contribution in [2.45, 2.75) is 19.8 Å². The highest BCUT2D eigenvalue weighted by Crippen LogP contribution is 2.25. The quantitative estimate of drug-likeness (QED) is 0.731. The number of fused-ring (bicyclic) bond motifs is 1. The van der Waals surface area contributed by atoms with Crippen LogP contribution in [0.1, 0.15) is 18.4 Å². The zero-order valence-electron chi connectivity index (χ0n) is 11.0. The molecular formula is C14H15N3OS. The molecule has 0 N–H and O–H groups in total. The molecule has 1 aromatic carbocycles. The number of hydrogen-bond donors (Lipinski definition) is 0. The Labute approximate surface area is 115 Å². The summed E-state index contributed by atoms with van der Waals surface area (Å²) in [6.45, 7) is 2.16. The molecule has 98 valence electrons. The van der Waals surface area contributed by atoms with Gasteiger partial charge in [0.05, 0.1) is 19.0 Å². The summed E-state index contributed by atoms with van der Waals surface area (Å²) in [5, 5.41) is 5.67. The predicted molar refractivity (Wildman–Crippen MR) is 76.8 cm³/mol. The first kappa shape index (κ1) is 12.2. The van der Waals surface area contributed by atoms with E-state index >= 15 is 0 Å². The van der Waals surface area contributed by atoms with E-state index in [0.717, 1.165) is 39.8 Å². The minimum absolute atomic E-state index is 0.841. The van der Waals surface area contributed by atoms with Crippen LogP contribution in [0, 0.1) is 0 Å². The molecule has 0 aliphatic carbocycles. The lowest BCUT2D eigenvalue weighted by Gasteiger charge is -2.01. The lowest BCUT2D eigenvalue weighted by molar-refractivity contribution is 0.415. The molecule has 0 saturated heterocycles. The summed E-state index contributed by atoms with van der Waals surface area (Å²) in [5.74, 6) is 0.841. The van der Waals surface area contributed by atoms with Gasteiger partial charge in [-0.3, -0.25) is 0 Å². The molecule has 5 heteroatoms. The topological polar surface area (TPSA) is 39.4 Å². The van der Waals surface area contributed by atoms with Gasteiger partial charge in [-0.2, -0.15) is 5.10 Å². The van der Waals surface area contributed by atoms with Crippen LogP contribution < -0.4 is 4.74 Å². The Morgan fingerprint density at radius 1 is 1.37 bits per heavy atom. The second-order valence-corrected chi connectivity index (χ2v) is 5.37. The van der Waals surface area contributed by atoms with Crippen LogP contribution in [-0.2, 0) is 6.42 Å². The van der Waals surface area contributed by atoms with E-state index in [1.807, 2.05) is 35.0 Å². The first-order valence-corrected chi connectivity index (χ1v) is 7.11. The monoisotopic (exact) mass is 273 g/mol. The number of aryl methyl sites for hydroxylation is 1. The number of imidazole rings is 1. The molecular weight excluding hydrogens is 258 g/mol. The van der Waals surface area contributed by atoms with Crippen molar-refractivity contribution in [3.8, 4) is 17.0 Å². The molecule has 0 atom stereocenters. The maximum atomic E-state index is 5.24. The van der Waals surface area contributed by atoms with Crippen LogP contribution in [0.25, 0.3) is 16.2 Å². The number of benzene rings is 1. The molecule has 0 amide bonds. The molecule has 2 heterocycles. The molecule has 0 bridgehead atoms. The average Bonchev–Trinajstić information content (AvgIpc) is 2.97. The van der Waals surface area contributed by atoms with Crippen LogP contribution in [0.3, 0.4) is 0 Å². The number of rotatable bonds is 4. The van der Waals surface area contributed by atoms with Gasteiger partial charge in [-0.05, 0) is 18.6 Å². The van der Waals surface area contributed by atoms with Crippen molar-refractivity contribution in [1.29, 1.82) is 0 Å². The third-order valence-electron chi connectivity index (χ3n) is 2.91. The van der Waals surface area contributed by atoms with Gasteiger partial charge in [0.25, 0.3) is 0 Å². The fourth-order valence-corrected chi connectivity index (χ4v) is 2.95. The molecule has 4 nitrogen and oxygen atoms in total. The summed E-state index contributed by atoms with van der Waals surface area (Å²) >= 11 is 1.66. The lowest BCUT2D eigenvalue weighted by Crippen LogP contribution is -1.86. The number of hydrogen-bond acceptors (Lipinski definition) is 4. The molecule has 0 unspecified atom stereocenters. The first-order valence-electron chi connectivity index (χ1n) is 6.29. The molecule has 0 aliphatic rings. The number of aromatic nitrogens is 3. The Kier molecular flexibility index (Phi) is 3.21. The van der Waals surface area contributed by atoms with E-state index < -0.39 is 0 Å². The minimum Gasteiger partial charge on any atom is -0.497 e. The Morgan fingerprint density at radius 2 is 2.26 bits per heavy atom. The SMILES string of the molecule is CCCc1nn2cc(-c3cccc(OC)c3)nc2s1. The van der Waals surface area contributed by atoms with Gasteiger partial charge in [-0.15, -0.1) is 0 Å². The molecule has 3 aromatic rings. The van der Waals surface area contributed by atoms with Gasteiger partial charge in [-0.1, -0.05) is 30.4 Å². The summed E-state index contributed by atoms with van der Waals surface area (Å²) < 4.78 is 7.10. The molecule has 2 aromatic heterocycles. The Bertz CT molecular complexity index is 670. The zero-order valence-corrected chi connectivity index (χ0v) is 11.8. The molecule has 0 aliphatic heterocycles. The third kappa shape index (κ3) is 2.33. The molecule has 0 fully saturated rings. The van der Waals surface area contributed by atoms with Crippen molar-refractivity contribution in [3.63, 3.8) is 0 Å². The Balaban J connectivity index is 1.98. The summed E-state index contributed by atoms with van der Waals surface area (Å²) in [5.41, 5.74) is 1.98. The predicted octanol–water partition coefficient (Wildman–Crippen LogP) is 3.42. The largest absolute Gasteiger partial charge is 0.497 e. The Hall–Kier alpha value is -1.88. The van der Waals surface area contributed by atoms with Crippen LogP contribution in [-0.4, -0.2) is 21.7 Å². The maximum Gasteiger partial charge on any atom is 0.212 e. The van der Waals surface area contributed by atoms with Crippen LogP contribution in [0.2, 0.25) is 0 Å². The summed E-state index contributed by atoms with van der Waals surface area (Å²) in [4.78, 5) is 5.57. The van der Waals surface area contributed by atoms with Crippen molar-refractivity contribution < 1.29 is 4.74 Å². The smallest absolute Gasteiger partial charge is 0.212 e. The van der Waals surface area contributed by atoms with Gasteiger partial charge in [-0.25, -0.2) is 9.50 Å². The maximum absolute atomic E-state index is 5.24. The van der Waals surface area contributed by atoms with Gasteiger partial charge < -0.3 is 4.74 Å². The summed E-state index contributed by atoms with van der Waals surface area (Å²) in [6.07, 6.45) is 4.10. The Morgan fingerprint density at radius 3 is 3.00 bits per heavy atom. The van der Waals surface area contributed by atoms with Crippen molar-refractivity contribution in [1.82, 2.24) is 14.6 Å². The third-order valence-corrected chi connectivity index (χ3v) is 3.90. The highest BCUT2D eigenvalue weighted by molar-refractivity contribution is 7.16. The van der Waals surface area contributed by atoms with Crippen molar-refractivity contribution in [2.75, 3.05) is 7.11 Å². The van der Waals surface area contributed by atoms with Crippen LogP contribution >= 0.6 is 11.3 Å². The molecule has 19 heavy (non-hydrogen) atoms. The van der Waals surface area contributed by atoms with Crippen LogP contribution in [0.15, 0.2) is 30.5 Å². The summed E-state index contributed by atoms with van der Waals surface area (Å²) in [6, 6.07) is 7.92. The van der Waals surface area contributed by atoms with Gasteiger partial charge in [0.2, 0.25) is 4.96 Å². The fourth-order valence-electron chi connectivity index (χ4n) is 1.98. The van der Waals surface area contributed by atoms with E-state index in [0.29, 0.717) is 0 Å². The van der Waals surface area contributed by atoms with E-state index in [1.165, 1.54) is 0 Å². The van der Waals surface area contributed by atoms with E-state index in [-0.39, 0.29) is 0 Å². The van der Waals surface area contributed by atoms with Crippen molar-refractivity contribution >= 4 is 16.3 Å². The number of nitrogens with zero attached hydrogens (tertiary/aromatic N) is 3. The summed E-state index contributed by atoms with van der Waals surface area (Å²) in [7, 11) is 1.67. The molecule has 0 radical (unpaired) electrons. The van der Waals surface area contributed by atoms with Gasteiger partial charge >= 0.3 is 0 Å². The van der Waals surface area contributed by atoms with E-state index in [9.17, 15) is 0 Å². The fraction of sp³-hybridized carbons (Fsp3) is 0.286. The van der Waals surface area contributed by atoms with E-state index in [2.05, 4.69) is 17.0 Å². The van der Waals surface area contributed by atoms with E-state index in [4.69, 9.17) is 4.74 Å². The van der Waals surface area contributed by atoms with Crippen molar-refractivity contribution in [3.05, 3.63) is 35.5 Å². The molecule has 3 rings (SSSR count). The van der Waals surface area contributed by atoms with Gasteiger partial charge in [0.1, 0.15) is 10.8 Å². The van der Waals surface area contributed by atoms with Crippen LogP contribution in [0.5, 0.6) is 5.75 Å². The lowest BCUT2D eigenvalue weighted by atomic mass is 10.1. The first-order chi connectivity index (χ1) is 9.30.